The molecule has 0 aliphatic carbocycles. The van der Waals surface area contributed by atoms with Crippen LogP contribution in [0.2, 0.25) is 0 Å². The molecule has 17 heteroatoms. The standard InChI is InChI=1S/C83H71NO16/c85-81-66-45-69(89-47-57-27-9-1-10-28-57)74(91-49-59-31-13-3-14-32-59)77(93-51-61-35-17-5-18-36-61)72(66)73-67(46-70(90-48-58-29-11-2-12-30-58)75(92-50-60-33-15-4-16-34-60)78(73)94-52-62-37-19-6-20-38-62)82(86)100-76-71(56-97-81)99-83(98-55-65-43-25-26-44-68(65)84(87)88)80(96-54-64-41-23-8-24-42-64)79(76)95-53-63-39-21-7-22-40-63/h1-46,71,76,79-80,83H,47-56H2/t71-,76-,79+,80-,83-/m1/s1. The van der Waals surface area contributed by atoms with Crippen molar-refractivity contribution in [2.24, 2.45) is 0 Å². The molecule has 0 unspecified atom stereocenters. The number of fused-ring (bicyclic) bond motifs is 4. The SMILES string of the molecule is O=C1OC[C@H]2O[C@@H](OCc3ccccc3[N+](=O)[O-])[C@H](OCc3ccccc3)[C@@H](OCc3ccccc3)[C@@H]2OC(=O)c2cc(OCc3ccccc3)c(OCc3ccccc3)c(OCc3ccccc3)c2-c2c1cc(OCc1ccccc1)c(OCc1ccccc1)c2OCc1ccccc1. The summed E-state index contributed by atoms with van der Waals surface area (Å²) >= 11 is 0. The first-order chi connectivity index (χ1) is 49.3. The van der Waals surface area contributed by atoms with Gasteiger partial charge in [-0.15, -0.1) is 0 Å². The molecule has 13 rings (SSSR count). The topological polar surface area (TPSA) is 188 Å². The minimum Gasteiger partial charge on any atom is -0.485 e. The number of hydrogen-bond donors (Lipinski definition) is 0. The summed E-state index contributed by atoms with van der Waals surface area (Å²) in [6.45, 7) is -1.26. The highest BCUT2D eigenvalue weighted by atomic mass is 16.7. The van der Waals surface area contributed by atoms with Crippen LogP contribution in [0.3, 0.4) is 0 Å². The van der Waals surface area contributed by atoms with Crippen molar-refractivity contribution in [1.82, 2.24) is 0 Å². The van der Waals surface area contributed by atoms with Gasteiger partial charge in [-0.2, -0.15) is 0 Å². The van der Waals surface area contributed by atoms with Crippen molar-refractivity contribution in [3.63, 3.8) is 0 Å². The van der Waals surface area contributed by atoms with Crippen molar-refractivity contribution in [1.29, 1.82) is 0 Å². The number of nitro benzene ring substituents is 1. The van der Waals surface area contributed by atoms with E-state index >= 15 is 9.59 Å². The van der Waals surface area contributed by atoms with Crippen LogP contribution in [0.4, 0.5) is 5.69 Å². The first-order valence-corrected chi connectivity index (χ1v) is 32.9. The normalized spacial score (nSPS) is 16.4. The molecular weight excluding hydrogens is 1270 g/mol. The minimum absolute atomic E-state index is 0.00539. The zero-order valence-electron chi connectivity index (χ0n) is 54.5. The summed E-state index contributed by atoms with van der Waals surface area (Å²) in [7, 11) is 0. The lowest BCUT2D eigenvalue weighted by atomic mass is 9.91. The molecule has 0 spiro atoms. The number of nitrogens with zero attached hydrogens (tertiary/aromatic N) is 1. The molecule has 1 fully saturated rings. The molecule has 5 atom stereocenters. The molecule has 11 aromatic rings. The summed E-state index contributed by atoms with van der Waals surface area (Å²) in [5, 5.41) is 12.5. The molecule has 0 saturated carbocycles. The second kappa shape index (κ2) is 33.1. The van der Waals surface area contributed by atoms with Crippen LogP contribution in [0, 0.1) is 10.1 Å². The van der Waals surface area contributed by atoms with Gasteiger partial charge in [-0.25, -0.2) is 9.59 Å². The quantitative estimate of drug-likeness (QED) is 0.0256. The van der Waals surface area contributed by atoms with Gasteiger partial charge < -0.3 is 56.8 Å². The van der Waals surface area contributed by atoms with Crippen LogP contribution in [-0.2, 0) is 87.9 Å². The number of cyclic esters (lactones) is 1. The van der Waals surface area contributed by atoms with E-state index in [-0.39, 0.29) is 127 Å². The Kier molecular flexibility index (Phi) is 22.2. The van der Waals surface area contributed by atoms with Gasteiger partial charge in [0, 0.05) is 17.2 Å². The van der Waals surface area contributed by atoms with Crippen LogP contribution >= 0.6 is 0 Å². The number of ether oxygens (including phenoxy) is 12. The number of benzene rings is 11. The highest BCUT2D eigenvalue weighted by molar-refractivity contribution is 6.09. The van der Waals surface area contributed by atoms with Crippen molar-refractivity contribution >= 4 is 17.6 Å². The fourth-order valence-corrected chi connectivity index (χ4v) is 11.8. The summed E-state index contributed by atoms with van der Waals surface area (Å²) < 4.78 is 83.6. The molecule has 0 aromatic heterocycles. The summed E-state index contributed by atoms with van der Waals surface area (Å²) in [6.07, 6.45) is -6.88. The van der Waals surface area contributed by atoms with Gasteiger partial charge in [0.25, 0.3) is 5.69 Å². The van der Waals surface area contributed by atoms with E-state index in [0.29, 0.717) is 0 Å². The van der Waals surface area contributed by atoms with Gasteiger partial charge in [0.1, 0.15) is 64.6 Å². The van der Waals surface area contributed by atoms with E-state index in [0.717, 1.165) is 44.5 Å². The Bertz CT molecular complexity index is 4480. The largest absolute Gasteiger partial charge is 0.485 e. The van der Waals surface area contributed by atoms with Gasteiger partial charge in [0.2, 0.25) is 11.5 Å². The van der Waals surface area contributed by atoms with Gasteiger partial charge in [-0.05, 0) is 62.7 Å². The first kappa shape index (κ1) is 67.0. The fourth-order valence-electron chi connectivity index (χ4n) is 11.8. The Hall–Kier alpha value is -11.6. The highest BCUT2D eigenvalue weighted by Gasteiger charge is 2.52. The van der Waals surface area contributed by atoms with Crippen LogP contribution < -0.4 is 28.4 Å². The fraction of sp³-hybridized carbons (Fsp3) is 0.181. The van der Waals surface area contributed by atoms with E-state index in [1.165, 1.54) is 18.2 Å². The van der Waals surface area contributed by atoms with E-state index < -0.39 is 54.2 Å². The molecule has 2 heterocycles. The summed E-state index contributed by atoms with van der Waals surface area (Å²) in [6, 6.07) is 85.1. The second-order valence-electron chi connectivity index (χ2n) is 23.8. The number of carbonyl (C=O) groups excluding carboxylic acids is 2. The zero-order valence-corrected chi connectivity index (χ0v) is 54.5. The van der Waals surface area contributed by atoms with Gasteiger partial charge in [0.15, 0.2) is 35.4 Å². The number of para-hydroxylation sites is 1. The Morgan fingerprint density at radius 2 is 0.690 bits per heavy atom. The third-order valence-electron chi connectivity index (χ3n) is 16.8. The Morgan fingerprint density at radius 1 is 0.360 bits per heavy atom. The predicted octanol–water partition coefficient (Wildman–Crippen LogP) is 16.5. The highest BCUT2D eigenvalue weighted by Crippen LogP contribution is 2.56. The Labute approximate surface area is 579 Å². The predicted molar refractivity (Wildman–Crippen MR) is 373 cm³/mol. The van der Waals surface area contributed by atoms with Crippen molar-refractivity contribution < 1.29 is 71.4 Å². The molecule has 0 amide bonds. The number of hydrogen-bond acceptors (Lipinski definition) is 16. The first-order valence-electron chi connectivity index (χ1n) is 32.9. The van der Waals surface area contributed by atoms with E-state index in [1.807, 2.05) is 243 Å². The number of rotatable bonds is 28. The third-order valence-corrected chi connectivity index (χ3v) is 16.8. The van der Waals surface area contributed by atoms with Crippen molar-refractivity contribution in [3.05, 3.63) is 350 Å². The minimum atomic E-state index is -1.50. The number of esters is 2. The molecule has 2 aliphatic heterocycles. The average molecular weight is 1340 g/mol. The van der Waals surface area contributed by atoms with Crippen molar-refractivity contribution in [3.8, 4) is 45.6 Å². The maximum Gasteiger partial charge on any atom is 0.339 e. The van der Waals surface area contributed by atoms with E-state index in [9.17, 15) is 10.1 Å². The molecule has 0 radical (unpaired) electrons. The lowest BCUT2D eigenvalue weighted by molar-refractivity contribution is -0.386. The monoisotopic (exact) mass is 1340 g/mol. The smallest absolute Gasteiger partial charge is 0.339 e. The van der Waals surface area contributed by atoms with Crippen LogP contribution in [0.5, 0.6) is 34.5 Å². The van der Waals surface area contributed by atoms with Gasteiger partial charge in [0.05, 0.1) is 41.4 Å². The van der Waals surface area contributed by atoms with Gasteiger partial charge in [-0.3, -0.25) is 10.1 Å². The number of nitro groups is 1. The summed E-state index contributed by atoms with van der Waals surface area (Å²) in [5.74, 6) is -1.75. The van der Waals surface area contributed by atoms with Crippen LogP contribution in [0.25, 0.3) is 11.1 Å². The molecule has 0 bridgehead atoms. The van der Waals surface area contributed by atoms with Crippen LogP contribution in [-0.4, -0.2) is 54.2 Å². The third kappa shape index (κ3) is 16.8. The van der Waals surface area contributed by atoms with E-state index in [4.69, 9.17) is 56.8 Å². The second-order valence-corrected chi connectivity index (χ2v) is 23.8. The molecule has 504 valence electrons. The molecule has 11 aromatic carbocycles. The maximum absolute atomic E-state index is 16.9. The number of carbonyl (C=O) groups is 2. The Balaban J connectivity index is 1.07. The molecule has 100 heavy (non-hydrogen) atoms. The van der Waals surface area contributed by atoms with Crippen molar-refractivity contribution in [2.45, 2.75) is 90.2 Å². The van der Waals surface area contributed by atoms with Crippen LogP contribution in [0.1, 0.15) is 70.8 Å². The lowest BCUT2D eigenvalue weighted by Gasteiger charge is -2.45. The van der Waals surface area contributed by atoms with Gasteiger partial charge in [-0.1, -0.05) is 255 Å². The Morgan fingerprint density at radius 3 is 1.08 bits per heavy atom. The molecular formula is C83H71NO16. The molecule has 1 saturated heterocycles. The average Bonchev–Trinajstić information content (AvgIpc) is 0.980. The summed E-state index contributed by atoms with van der Waals surface area (Å²) in [4.78, 5) is 45.3. The maximum atomic E-state index is 16.9. The molecule has 2 aliphatic rings. The lowest BCUT2D eigenvalue weighted by Crippen LogP contribution is -2.62. The summed E-state index contributed by atoms with van der Waals surface area (Å²) in [5.41, 5.74) is 5.78. The van der Waals surface area contributed by atoms with E-state index in [2.05, 4.69) is 0 Å². The molecule has 17 nitrogen and oxygen atoms in total. The van der Waals surface area contributed by atoms with Gasteiger partial charge >= 0.3 is 11.9 Å². The van der Waals surface area contributed by atoms with Crippen molar-refractivity contribution in [2.75, 3.05) is 6.61 Å². The molecule has 0 N–H and O–H groups in total. The van der Waals surface area contributed by atoms with Crippen LogP contribution in [0.15, 0.2) is 279 Å². The van der Waals surface area contributed by atoms with E-state index in [1.54, 1.807) is 18.2 Å². The zero-order chi connectivity index (χ0) is 68.2.